The van der Waals surface area contributed by atoms with Crippen molar-refractivity contribution in [3.05, 3.63) is 23.5 Å². The molecule has 3 N–H and O–H groups in total. The Kier molecular flexibility index (Phi) is 7.47. The van der Waals surface area contributed by atoms with Crippen LogP contribution in [-0.2, 0) is 0 Å². The van der Waals surface area contributed by atoms with Crippen molar-refractivity contribution >= 4 is 0 Å². The second kappa shape index (κ2) is 8.85. The fraction of sp³-hybridized carbons (Fsp3) is 0.625. The van der Waals surface area contributed by atoms with Crippen LogP contribution in [0.3, 0.4) is 0 Å². The number of aliphatic hydroxyl groups excluding tert-OH is 1. The van der Waals surface area contributed by atoms with E-state index in [9.17, 15) is 9.50 Å². The van der Waals surface area contributed by atoms with Crippen LogP contribution in [0.1, 0.15) is 45.1 Å². The summed E-state index contributed by atoms with van der Waals surface area (Å²) in [5.41, 5.74) is 5.98. The first kappa shape index (κ1) is 17.7. The molecule has 0 radical (unpaired) electrons. The average molecular weight is 299 g/mol. The van der Waals surface area contributed by atoms with E-state index in [2.05, 4.69) is 0 Å². The molecule has 2 unspecified atom stereocenters. The highest BCUT2D eigenvalue weighted by atomic mass is 19.1. The zero-order chi connectivity index (χ0) is 15.8. The fourth-order valence-electron chi connectivity index (χ4n) is 2.34. The number of benzene rings is 1. The highest BCUT2D eigenvalue weighted by Crippen LogP contribution is 2.36. The monoisotopic (exact) mass is 299 g/mol. The van der Waals surface area contributed by atoms with Crippen LogP contribution in [-0.4, -0.2) is 31.0 Å². The summed E-state index contributed by atoms with van der Waals surface area (Å²) in [7, 11) is 0. The molecule has 1 rings (SSSR count). The van der Waals surface area contributed by atoms with E-state index in [4.69, 9.17) is 15.2 Å². The van der Waals surface area contributed by atoms with Gasteiger partial charge in [-0.15, -0.1) is 0 Å². The van der Waals surface area contributed by atoms with Gasteiger partial charge in [0.25, 0.3) is 0 Å². The molecule has 5 heteroatoms. The number of rotatable bonds is 9. The van der Waals surface area contributed by atoms with E-state index in [1.807, 2.05) is 20.8 Å². The second-order valence-corrected chi connectivity index (χ2v) is 4.92. The third-order valence-electron chi connectivity index (χ3n) is 3.42. The summed E-state index contributed by atoms with van der Waals surface area (Å²) in [6, 6.07) is 3.04. The number of aliphatic hydroxyl groups is 1. The zero-order valence-electron chi connectivity index (χ0n) is 13.1. The predicted octanol–water partition coefficient (Wildman–Crippen LogP) is 2.83. The van der Waals surface area contributed by atoms with E-state index < -0.39 is 6.10 Å². The van der Waals surface area contributed by atoms with E-state index in [-0.39, 0.29) is 18.3 Å². The van der Waals surface area contributed by atoms with Gasteiger partial charge < -0.3 is 20.3 Å². The molecule has 2 atom stereocenters. The van der Waals surface area contributed by atoms with Gasteiger partial charge in [0.15, 0.2) is 11.5 Å². The quantitative estimate of drug-likeness (QED) is 0.736. The number of hydrogen-bond donors (Lipinski definition) is 2. The third-order valence-corrected chi connectivity index (χ3v) is 3.42. The minimum Gasteiger partial charge on any atom is -0.490 e. The van der Waals surface area contributed by atoms with Gasteiger partial charge in [0, 0.05) is 12.6 Å². The molecule has 0 heterocycles. The van der Waals surface area contributed by atoms with E-state index in [0.717, 1.165) is 0 Å². The van der Waals surface area contributed by atoms with Crippen LogP contribution in [0, 0.1) is 5.82 Å². The highest BCUT2D eigenvalue weighted by molar-refractivity contribution is 5.45. The maximum absolute atomic E-state index is 14.3. The molecule has 0 spiro atoms. The van der Waals surface area contributed by atoms with Gasteiger partial charge in [-0.2, -0.15) is 0 Å². The number of halogens is 1. The van der Waals surface area contributed by atoms with Gasteiger partial charge in [-0.3, -0.25) is 0 Å². The van der Waals surface area contributed by atoms with Crippen molar-refractivity contribution in [2.75, 3.05) is 19.8 Å². The molecule has 0 bridgehead atoms. The minimum atomic E-state index is -0.628. The summed E-state index contributed by atoms with van der Waals surface area (Å²) in [5, 5.41) is 9.72. The van der Waals surface area contributed by atoms with Gasteiger partial charge >= 0.3 is 0 Å². The molecule has 0 aromatic heterocycles. The maximum atomic E-state index is 14.3. The van der Waals surface area contributed by atoms with E-state index in [1.165, 1.54) is 6.07 Å². The van der Waals surface area contributed by atoms with Crippen LogP contribution in [0.15, 0.2) is 12.1 Å². The fourth-order valence-corrected chi connectivity index (χ4v) is 2.34. The third kappa shape index (κ3) is 4.86. The molecule has 0 aliphatic carbocycles. The summed E-state index contributed by atoms with van der Waals surface area (Å²) in [6.45, 7) is 6.77. The molecule has 0 saturated heterocycles. The predicted molar refractivity (Wildman–Crippen MR) is 81.4 cm³/mol. The lowest BCUT2D eigenvalue weighted by Crippen LogP contribution is -2.22. The summed E-state index contributed by atoms with van der Waals surface area (Å²) in [4.78, 5) is 0. The minimum absolute atomic E-state index is 0.0987. The Morgan fingerprint density at radius 3 is 2.19 bits per heavy atom. The lowest BCUT2D eigenvalue weighted by atomic mass is 9.90. The molecule has 0 fully saturated rings. The molecular formula is C16H26FNO3. The zero-order valence-corrected chi connectivity index (χ0v) is 13.1. The van der Waals surface area contributed by atoms with Crippen molar-refractivity contribution in [1.29, 1.82) is 0 Å². The lowest BCUT2D eigenvalue weighted by molar-refractivity contribution is 0.161. The first-order chi connectivity index (χ1) is 10.1. The molecule has 21 heavy (non-hydrogen) atoms. The van der Waals surface area contributed by atoms with Gasteiger partial charge in [0.05, 0.1) is 19.3 Å². The lowest BCUT2D eigenvalue weighted by Gasteiger charge is -2.21. The molecule has 1 aromatic rings. The van der Waals surface area contributed by atoms with Gasteiger partial charge in [-0.05, 0) is 44.2 Å². The molecule has 4 nitrogen and oxygen atoms in total. The smallest absolute Gasteiger partial charge is 0.164 e. The van der Waals surface area contributed by atoms with Crippen LogP contribution in [0.5, 0.6) is 11.5 Å². The molecule has 0 aliphatic rings. The summed E-state index contributed by atoms with van der Waals surface area (Å²) in [5.74, 6) is 0.516. The van der Waals surface area contributed by atoms with Crippen LogP contribution >= 0.6 is 0 Å². The highest BCUT2D eigenvalue weighted by Gasteiger charge is 2.21. The Hall–Kier alpha value is -1.33. The number of ether oxygens (including phenoxy) is 2. The molecule has 0 aliphatic heterocycles. The first-order valence-electron chi connectivity index (χ1n) is 7.54. The summed E-state index contributed by atoms with van der Waals surface area (Å²) >= 11 is 0. The Balaban J connectivity index is 3.12. The van der Waals surface area contributed by atoms with Gasteiger partial charge in [-0.1, -0.05) is 6.92 Å². The van der Waals surface area contributed by atoms with Gasteiger partial charge in [0.2, 0.25) is 0 Å². The Labute approximate surface area is 126 Å². The number of hydrogen-bond acceptors (Lipinski definition) is 4. The van der Waals surface area contributed by atoms with Crippen molar-refractivity contribution in [3.8, 4) is 11.5 Å². The molecular weight excluding hydrogens is 273 g/mol. The topological polar surface area (TPSA) is 64.7 Å². The Morgan fingerprint density at radius 1 is 1.14 bits per heavy atom. The molecule has 1 aromatic carbocycles. The Bertz CT molecular complexity index is 440. The standard InChI is InChI=1S/C16H26FNO3/c1-4-11(7-12(19)10-18)13-8-15(20-5-2)16(21-6-3)9-14(13)17/h8-9,11-12,19H,4-7,10,18H2,1-3H3. The van der Waals surface area contributed by atoms with E-state index in [0.29, 0.717) is 43.1 Å². The van der Waals surface area contributed by atoms with Crippen molar-refractivity contribution in [3.63, 3.8) is 0 Å². The SMILES string of the molecule is CCOc1cc(F)c(C(CC)CC(O)CN)cc1OCC. The first-order valence-corrected chi connectivity index (χ1v) is 7.54. The van der Waals surface area contributed by atoms with Crippen molar-refractivity contribution in [2.24, 2.45) is 5.73 Å². The molecule has 120 valence electrons. The van der Waals surface area contributed by atoms with Crippen LogP contribution in [0.25, 0.3) is 0 Å². The van der Waals surface area contributed by atoms with Crippen LogP contribution in [0.2, 0.25) is 0 Å². The van der Waals surface area contributed by atoms with E-state index in [1.54, 1.807) is 6.07 Å². The van der Waals surface area contributed by atoms with Crippen molar-refractivity contribution in [2.45, 2.75) is 45.6 Å². The normalized spacial score (nSPS) is 13.8. The van der Waals surface area contributed by atoms with Crippen LogP contribution in [0.4, 0.5) is 4.39 Å². The van der Waals surface area contributed by atoms with Crippen LogP contribution < -0.4 is 15.2 Å². The average Bonchev–Trinajstić information content (AvgIpc) is 2.48. The van der Waals surface area contributed by atoms with Crippen molar-refractivity contribution < 1.29 is 19.0 Å². The Morgan fingerprint density at radius 2 is 1.71 bits per heavy atom. The maximum Gasteiger partial charge on any atom is 0.164 e. The summed E-state index contributed by atoms with van der Waals surface area (Å²) < 4.78 is 25.3. The van der Waals surface area contributed by atoms with Crippen molar-refractivity contribution in [1.82, 2.24) is 0 Å². The summed E-state index contributed by atoms with van der Waals surface area (Å²) in [6.07, 6.45) is 0.522. The largest absolute Gasteiger partial charge is 0.490 e. The molecule has 0 saturated carbocycles. The second-order valence-electron chi connectivity index (χ2n) is 4.92. The van der Waals surface area contributed by atoms with E-state index >= 15 is 0 Å². The number of nitrogens with two attached hydrogens (primary N) is 1. The van der Waals surface area contributed by atoms with Gasteiger partial charge in [-0.25, -0.2) is 4.39 Å². The van der Waals surface area contributed by atoms with Gasteiger partial charge in [0.1, 0.15) is 5.82 Å². The molecule has 0 amide bonds.